The first-order valence-corrected chi connectivity index (χ1v) is 5.63. The lowest BCUT2D eigenvalue weighted by molar-refractivity contribution is -0.274. The minimum atomic E-state index is -4.80. The molecule has 18 heavy (non-hydrogen) atoms. The maximum absolute atomic E-state index is 12.3. The first-order chi connectivity index (χ1) is 8.51. The zero-order valence-electron chi connectivity index (χ0n) is 8.78. The molecule has 2 aromatic rings. The smallest absolute Gasteiger partial charge is 0.452 e. The number of hydrogen-bond acceptors (Lipinski definition) is 4. The van der Waals surface area contributed by atoms with Crippen LogP contribution in [0.4, 0.5) is 13.2 Å². The number of alkyl halides is 3. The molecule has 0 fully saturated rings. The van der Waals surface area contributed by atoms with Gasteiger partial charge in [0.1, 0.15) is 12.4 Å². The molecule has 0 spiro atoms. The Balaban J connectivity index is 2.47. The van der Waals surface area contributed by atoms with Gasteiger partial charge in [0.25, 0.3) is 0 Å². The van der Waals surface area contributed by atoms with Crippen LogP contribution in [0.1, 0.15) is 5.56 Å². The Morgan fingerprint density at radius 3 is 2.72 bits per heavy atom. The quantitative estimate of drug-likeness (QED) is 0.858. The predicted molar refractivity (Wildman–Crippen MR) is 59.0 cm³/mol. The van der Waals surface area contributed by atoms with Crippen molar-refractivity contribution in [1.29, 1.82) is 0 Å². The minimum Gasteiger partial charge on any atom is -0.452 e. The van der Waals surface area contributed by atoms with Crippen LogP contribution >= 0.6 is 11.3 Å². The van der Waals surface area contributed by atoms with Crippen molar-refractivity contribution in [3.63, 3.8) is 0 Å². The number of fused-ring (bicyclic) bond motifs is 1. The molecule has 1 heterocycles. The maximum atomic E-state index is 12.3. The predicted octanol–water partition coefficient (Wildman–Crippen LogP) is 3.38. The second-order valence-electron chi connectivity index (χ2n) is 3.31. The van der Waals surface area contributed by atoms with Gasteiger partial charge in [-0.1, -0.05) is 6.07 Å². The third-order valence-electron chi connectivity index (χ3n) is 2.17. The maximum Gasteiger partial charge on any atom is 0.573 e. The van der Waals surface area contributed by atoms with Crippen LogP contribution in [-0.4, -0.2) is 12.8 Å². The van der Waals surface area contributed by atoms with Crippen molar-refractivity contribution in [2.75, 3.05) is 0 Å². The van der Waals surface area contributed by atoms with Gasteiger partial charge in [0.15, 0.2) is 0 Å². The van der Waals surface area contributed by atoms with Crippen molar-refractivity contribution in [2.24, 2.45) is 0 Å². The molecule has 1 radical (unpaired) electrons. The molecule has 0 aliphatic rings. The highest BCUT2D eigenvalue weighted by molar-refractivity contribution is 7.17. The van der Waals surface area contributed by atoms with Crippen molar-refractivity contribution in [2.45, 2.75) is 13.0 Å². The van der Waals surface area contributed by atoms with E-state index in [4.69, 9.17) is 0 Å². The molecule has 0 unspecified atom stereocenters. The van der Waals surface area contributed by atoms with Gasteiger partial charge in [-0.05, 0) is 17.5 Å². The average Bonchev–Trinajstić information content (AvgIpc) is 2.74. The molecule has 0 atom stereocenters. The number of halogens is 3. The molecule has 1 aromatic heterocycles. The Morgan fingerprint density at radius 2 is 2.06 bits per heavy atom. The highest BCUT2D eigenvalue weighted by Gasteiger charge is 2.33. The molecule has 0 N–H and O–H groups in total. The van der Waals surface area contributed by atoms with E-state index in [-0.39, 0.29) is 17.9 Å². The van der Waals surface area contributed by atoms with Crippen LogP contribution in [0.25, 0.3) is 10.1 Å². The minimum absolute atomic E-state index is 0.140. The zero-order chi connectivity index (χ0) is 13.2. The summed E-state index contributed by atoms with van der Waals surface area (Å²) in [6.07, 6.45) is -4.80. The number of hydrogen-bond donors (Lipinski definition) is 0. The van der Waals surface area contributed by atoms with E-state index >= 15 is 0 Å². The summed E-state index contributed by atoms with van der Waals surface area (Å²) in [5.74, 6) is -0.337. The van der Waals surface area contributed by atoms with Crippen LogP contribution < -0.4 is 4.74 Å². The Bertz CT molecular complexity index is 562. The fraction of sp³-hybridized carbons (Fsp3) is 0.182. The zero-order valence-corrected chi connectivity index (χ0v) is 9.60. The second kappa shape index (κ2) is 4.85. The monoisotopic (exact) mass is 275 g/mol. The van der Waals surface area contributed by atoms with E-state index in [1.165, 1.54) is 23.5 Å². The van der Waals surface area contributed by atoms with Crippen LogP contribution in [-0.2, 0) is 16.1 Å². The van der Waals surface area contributed by atoms with E-state index in [9.17, 15) is 18.0 Å². The lowest BCUT2D eigenvalue weighted by atomic mass is 10.1. The molecule has 3 nitrogen and oxygen atoms in total. The molecule has 0 saturated heterocycles. The Kier molecular flexibility index (Phi) is 3.42. The third kappa shape index (κ3) is 2.73. The lowest BCUT2D eigenvalue weighted by Crippen LogP contribution is -2.18. The number of carbonyl (C=O) groups excluding carboxylic acids is 1. The van der Waals surface area contributed by atoms with Crippen LogP contribution in [0.2, 0.25) is 0 Å². The van der Waals surface area contributed by atoms with E-state index in [0.29, 0.717) is 10.1 Å². The first kappa shape index (κ1) is 12.7. The van der Waals surface area contributed by atoms with Crippen molar-refractivity contribution in [1.82, 2.24) is 0 Å². The summed E-state index contributed by atoms with van der Waals surface area (Å²) >= 11 is 1.29. The number of ether oxygens (including phenoxy) is 2. The lowest BCUT2D eigenvalue weighted by Gasteiger charge is -2.13. The summed E-state index contributed by atoms with van der Waals surface area (Å²) in [6, 6.07) is 4.60. The number of benzene rings is 1. The summed E-state index contributed by atoms with van der Waals surface area (Å²) in [7, 11) is 0. The van der Waals surface area contributed by atoms with Crippen molar-refractivity contribution < 1.29 is 27.4 Å². The van der Waals surface area contributed by atoms with E-state index in [1.54, 1.807) is 11.4 Å². The second-order valence-corrected chi connectivity index (χ2v) is 4.25. The van der Waals surface area contributed by atoms with Gasteiger partial charge in [0.2, 0.25) is 0 Å². The highest BCUT2D eigenvalue weighted by Crippen LogP contribution is 2.36. The van der Waals surface area contributed by atoms with E-state index in [0.717, 1.165) is 6.47 Å². The fourth-order valence-electron chi connectivity index (χ4n) is 1.52. The van der Waals surface area contributed by atoms with Gasteiger partial charge in [-0.2, -0.15) is 0 Å². The summed E-state index contributed by atoms with van der Waals surface area (Å²) in [6.45, 7) is 0.845. The number of thiophene rings is 1. The van der Waals surface area contributed by atoms with Gasteiger partial charge < -0.3 is 9.47 Å². The van der Waals surface area contributed by atoms with Gasteiger partial charge in [0.05, 0.1) is 0 Å². The Hall–Kier alpha value is -1.76. The standard InChI is InChI=1S/C11H6F3O3S/c12-11(13,14)17-10-7(5-16-6-15)1-2-9-8(10)3-4-18-9/h1-4H,5H2. The molecule has 0 aliphatic heterocycles. The summed E-state index contributed by atoms with van der Waals surface area (Å²) in [5, 5.41) is 1.99. The van der Waals surface area contributed by atoms with Crippen LogP contribution in [0.3, 0.4) is 0 Å². The number of rotatable bonds is 4. The molecule has 95 valence electrons. The molecule has 0 amide bonds. The molecule has 7 heteroatoms. The van der Waals surface area contributed by atoms with Crippen LogP contribution in [0, 0.1) is 0 Å². The molecule has 2 rings (SSSR count). The third-order valence-corrected chi connectivity index (χ3v) is 3.05. The first-order valence-electron chi connectivity index (χ1n) is 4.75. The van der Waals surface area contributed by atoms with Crippen LogP contribution in [0.15, 0.2) is 23.6 Å². The van der Waals surface area contributed by atoms with Gasteiger partial charge in [-0.25, -0.2) is 4.79 Å². The Labute approximate surface area is 104 Å². The summed E-state index contributed by atoms with van der Waals surface area (Å²) in [5.41, 5.74) is 0.140. The highest BCUT2D eigenvalue weighted by atomic mass is 32.1. The SMILES string of the molecule is O=[C]OCc1ccc2sccc2c1OC(F)(F)F. The average molecular weight is 275 g/mol. The molecule has 1 aromatic carbocycles. The Morgan fingerprint density at radius 1 is 1.28 bits per heavy atom. The van der Waals surface area contributed by atoms with E-state index in [1.807, 2.05) is 0 Å². The topological polar surface area (TPSA) is 35.5 Å². The largest absolute Gasteiger partial charge is 0.573 e. The molecule has 0 bridgehead atoms. The van der Waals surface area contributed by atoms with Crippen molar-refractivity contribution in [3.8, 4) is 5.75 Å². The van der Waals surface area contributed by atoms with Gasteiger partial charge >= 0.3 is 12.8 Å². The van der Waals surface area contributed by atoms with Crippen molar-refractivity contribution >= 4 is 27.9 Å². The fourth-order valence-corrected chi connectivity index (χ4v) is 2.30. The van der Waals surface area contributed by atoms with Crippen molar-refractivity contribution in [3.05, 3.63) is 29.1 Å². The normalized spacial score (nSPS) is 11.5. The molecular formula is C11H6F3O3S. The molecule has 0 saturated carbocycles. The van der Waals surface area contributed by atoms with Gasteiger partial charge in [0, 0.05) is 15.6 Å². The van der Waals surface area contributed by atoms with Gasteiger partial charge in [-0.3, -0.25) is 0 Å². The van der Waals surface area contributed by atoms with E-state index in [2.05, 4.69) is 9.47 Å². The van der Waals surface area contributed by atoms with E-state index < -0.39 is 6.36 Å². The molecular weight excluding hydrogens is 269 g/mol. The van der Waals surface area contributed by atoms with Crippen LogP contribution in [0.5, 0.6) is 5.75 Å². The van der Waals surface area contributed by atoms with Gasteiger partial charge in [-0.15, -0.1) is 24.5 Å². The molecule has 0 aliphatic carbocycles. The summed E-state index contributed by atoms with van der Waals surface area (Å²) < 4.78 is 46.0. The summed E-state index contributed by atoms with van der Waals surface area (Å²) in [4.78, 5) is 9.98.